The van der Waals surface area contributed by atoms with Gasteiger partial charge in [0.1, 0.15) is 6.17 Å². The molecule has 0 atom stereocenters. The summed E-state index contributed by atoms with van der Waals surface area (Å²) in [5.74, 6) is -0.0440. The van der Waals surface area contributed by atoms with E-state index < -0.39 is 6.17 Å². The first kappa shape index (κ1) is 12.0. The van der Waals surface area contributed by atoms with Gasteiger partial charge in [0.2, 0.25) is 5.91 Å². The molecule has 0 bridgehead atoms. The van der Waals surface area contributed by atoms with Crippen molar-refractivity contribution in [1.29, 1.82) is 0 Å². The van der Waals surface area contributed by atoms with Crippen molar-refractivity contribution in [2.75, 3.05) is 19.6 Å². The second-order valence-corrected chi connectivity index (χ2v) is 4.55. The molecule has 1 amide bonds. The van der Waals surface area contributed by atoms with Crippen molar-refractivity contribution in [1.82, 2.24) is 10.2 Å². The zero-order valence-corrected chi connectivity index (χ0v) is 9.95. The number of hydrogen-bond donors (Lipinski definition) is 1. The van der Waals surface area contributed by atoms with Crippen LogP contribution in [0.1, 0.15) is 11.1 Å². The fraction of sp³-hybridized carbons (Fsp3) is 0.462. The van der Waals surface area contributed by atoms with Gasteiger partial charge in [-0.25, -0.2) is 4.39 Å². The minimum absolute atomic E-state index is 0.0440. The molecule has 1 N–H and O–H groups in total. The summed E-state index contributed by atoms with van der Waals surface area (Å²) in [6.07, 6.45) is -0.750. The van der Waals surface area contributed by atoms with Crippen LogP contribution in [-0.2, 0) is 11.3 Å². The third-order valence-corrected chi connectivity index (χ3v) is 2.89. The van der Waals surface area contributed by atoms with Crippen LogP contribution < -0.4 is 5.32 Å². The highest BCUT2D eigenvalue weighted by Gasteiger charge is 2.27. The highest BCUT2D eigenvalue weighted by atomic mass is 19.1. The molecule has 1 saturated heterocycles. The molecule has 4 heteroatoms. The number of carbonyl (C=O) groups is 1. The number of hydrogen-bond acceptors (Lipinski definition) is 2. The Kier molecular flexibility index (Phi) is 3.74. The fourth-order valence-electron chi connectivity index (χ4n) is 1.80. The van der Waals surface area contributed by atoms with Gasteiger partial charge < -0.3 is 5.32 Å². The monoisotopic (exact) mass is 236 g/mol. The Hall–Kier alpha value is -1.42. The molecule has 1 aliphatic rings. The Labute approximate surface area is 101 Å². The standard InChI is InChI=1S/C13H17FN2O/c1-10-2-4-11(5-3-10)6-15-13(17)9-16-7-12(14)8-16/h2-5,12H,6-9H2,1H3,(H,15,17). The number of carbonyl (C=O) groups excluding carboxylic acids is 1. The second-order valence-electron chi connectivity index (χ2n) is 4.55. The number of nitrogens with zero attached hydrogens (tertiary/aromatic N) is 1. The van der Waals surface area contributed by atoms with Gasteiger partial charge in [-0.3, -0.25) is 9.69 Å². The maximum Gasteiger partial charge on any atom is 0.234 e. The fourth-order valence-corrected chi connectivity index (χ4v) is 1.80. The van der Waals surface area contributed by atoms with Gasteiger partial charge in [0.05, 0.1) is 6.54 Å². The molecule has 3 nitrogen and oxygen atoms in total. The van der Waals surface area contributed by atoms with E-state index in [1.165, 1.54) is 5.56 Å². The molecule has 1 aromatic carbocycles. The zero-order chi connectivity index (χ0) is 12.3. The molecule has 1 aromatic rings. The quantitative estimate of drug-likeness (QED) is 0.853. The Morgan fingerprint density at radius 2 is 2.06 bits per heavy atom. The van der Waals surface area contributed by atoms with Gasteiger partial charge in [-0.15, -0.1) is 0 Å². The van der Waals surface area contributed by atoms with E-state index in [0.29, 0.717) is 26.2 Å². The number of rotatable bonds is 4. The number of alkyl halides is 1. The molecule has 0 saturated carbocycles. The highest BCUT2D eigenvalue weighted by molar-refractivity contribution is 5.78. The number of likely N-dealkylation sites (tertiary alicyclic amines) is 1. The van der Waals surface area contributed by atoms with Gasteiger partial charge in [-0.2, -0.15) is 0 Å². The van der Waals surface area contributed by atoms with Crippen LogP contribution in [0.3, 0.4) is 0 Å². The Morgan fingerprint density at radius 3 is 2.65 bits per heavy atom. The van der Waals surface area contributed by atoms with E-state index >= 15 is 0 Å². The van der Waals surface area contributed by atoms with Crippen molar-refractivity contribution in [2.24, 2.45) is 0 Å². The number of nitrogens with one attached hydrogen (secondary N) is 1. The van der Waals surface area contributed by atoms with E-state index in [-0.39, 0.29) is 5.91 Å². The van der Waals surface area contributed by atoms with Crippen molar-refractivity contribution in [3.63, 3.8) is 0 Å². The highest BCUT2D eigenvalue weighted by Crippen LogP contribution is 2.09. The molecule has 0 unspecified atom stereocenters. The summed E-state index contributed by atoms with van der Waals surface area (Å²) in [5, 5.41) is 2.83. The number of benzene rings is 1. The van der Waals surface area contributed by atoms with Crippen molar-refractivity contribution >= 4 is 5.91 Å². The number of aryl methyl sites for hydroxylation is 1. The molecule has 92 valence electrons. The lowest BCUT2D eigenvalue weighted by atomic mass is 10.1. The number of halogens is 1. The summed E-state index contributed by atoms with van der Waals surface area (Å²) in [5.41, 5.74) is 2.28. The maximum atomic E-state index is 12.5. The van der Waals surface area contributed by atoms with Crippen LogP contribution in [0.2, 0.25) is 0 Å². The average molecular weight is 236 g/mol. The van der Waals surface area contributed by atoms with Gasteiger partial charge in [-0.05, 0) is 12.5 Å². The lowest BCUT2D eigenvalue weighted by Crippen LogP contribution is -2.52. The smallest absolute Gasteiger partial charge is 0.234 e. The average Bonchev–Trinajstić information content (AvgIpc) is 2.26. The first-order valence-electron chi connectivity index (χ1n) is 5.82. The molecule has 2 rings (SSSR count). The molecule has 1 fully saturated rings. The van der Waals surface area contributed by atoms with E-state index in [1.54, 1.807) is 4.90 Å². The zero-order valence-electron chi connectivity index (χ0n) is 9.95. The summed E-state index contributed by atoms with van der Waals surface area (Å²) in [6.45, 7) is 3.63. The SMILES string of the molecule is Cc1ccc(CNC(=O)CN2CC(F)C2)cc1. The minimum Gasteiger partial charge on any atom is -0.351 e. The second kappa shape index (κ2) is 5.27. The Bertz CT molecular complexity index is 385. The molecule has 0 radical (unpaired) electrons. The summed E-state index contributed by atoms with van der Waals surface area (Å²) in [4.78, 5) is 13.3. The summed E-state index contributed by atoms with van der Waals surface area (Å²) in [6, 6.07) is 8.03. The van der Waals surface area contributed by atoms with E-state index in [9.17, 15) is 9.18 Å². The number of amides is 1. The summed E-state index contributed by atoms with van der Waals surface area (Å²) in [7, 11) is 0. The predicted octanol–water partition coefficient (Wildman–Crippen LogP) is 1.26. The molecule has 0 aromatic heterocycles. The first-order valence-corrected chi connectivity index (χ1v) is 5.82. The molecule has 1 aliphatic heterocycles. The van der Waals surface area contributed by atoms with E-state index in [1.807, 2.05) is 31.2 Å². The van der Waals surface area contributed by atoms with Gasteiger partial charge in [0.15, 0.2) is 0 Å². The third-order valence-electron chi connectivity index (χ3n) is 2.89. The third kappa shape index (κ3) is 3.53. The van der Waals surface area contributed by atoms with Crippen molar-refractivity contribution in [3.05, 3.63) is 35.4 Å². The summed E-state index contributed by atoms with van der Waals surface area (Å²) < 4.78 is 12.5. The largest absolute Gasteiger partial charge is 0.351 e. The van der Waals surface area contributed by atoms with Gasteiger partial charge >= 0.3 is 0 Å². The van der Waals surface area contributed by atoms with Gasteiger partial charge in [-0.1, -0.05) is 29.8 Å². The molecule has 17 heavy (non-hydrogen) atoms. The van der Waals surface area contributed by atoms with Crippen molar-refractivity contribution in [2.45, 2.75) is 19.6 Å². The van der Waals surface area contributed by atoms with Crippen LogP contribution in [0, 0.1) is 6.92 Å². The van der Waals surface area contributed by atoms with Crippen LogP contribution >= 0.6 is 0 Å². The molecular formula is C13H17FN2O. The van der Waals surface area contributed by atoms with Crippen LogP contribution in [0.5, 0.6) is 0 Å². The molecular weight excluding hydrogens is 219 g/mol. The minimum atomic E-state index is -0.750. The predicted molar refractivity (Wildman–Crippen MR) is 64.4 cm³/mol. The van der Waals surface area contributed by atoms with Crippen molar-refractivity contribution in [3.8, 4) is 0 Å². The van der Waals surface area contributed by atoms with Gasteiger partial charge in [0.25, 0.3) is 0 Å². The normalized spacial score (nSPS) is 16.6. The summed E-state index contributed by atoms with van der Waals surface area (Å²) >= 11 is 0. The van der Waals surface area contributed by atoms with Crippen molar-refractivity contribution < 1.29 is 9.18 Å². The van der Waals surface area contributed by atoms with Crippen LogP contribution in [0.15, 0.2) is 24.3 Å². The van der Waals surface area contributed by atoms with Crippen LogP contribution in [0.25, 0.3) is 0 Å². The first-order chi connectivity index (χ1) is 8.13. The molecule has 0 aliphatic carbocycles. The molecule has 1 heterocycles. The Morgan fingerprint density at radius 1 is 1.41 bits per heavy atom. The maximum absolute atomic E-state index is 12.5. The van der Waals surface area contributed by atoms with E-state index in [2.05, 4.69) is 5.32 Å². The van der Waals surface area contributed by atoms with E-state index in [4.69, 9.17) is 0 Å². The van der Waals surface area contributed by atoms with Gasteiger partial charge in [0, 0.05) is 19.6 Å². The van der Waals surface area contributed by atoms with E-state index in [0.717, 1.165) is 5.56 Å². The lowest BCUT2D eigenvalue weighted by molar-refractivity contribution is -0.124. The van der Waals surface area contributed by atoms with Crippen LogP contribution in [-0.4, -0.2) is 36.6 Å². The topological polar surface area (TPSA) is 32.3 Å². The Balaban J connectivity index is 1.70. The molecule has 0 spiro atoms. The van der Waals surface area contributed by atoms with Crippen LogP contribution in [0.4, 0.5) is 4.39 Å². The lowest BCUT2D eigenvalue weighted by Gasteiger charge is -2.33.